The van der Waals surface area contributed by atoms with Crippen molar-refractivity contribution in [3.63, 3.8) is 0 Å². The van der Waals surface area contributed by atoms with Gasteiger partial charge >= 0.3 is 16.2 Å². The second-order valence-electron chi connectivity index (χ2n) is 4.84. The number of aryl methyl sites for hydroxylation is 1. The number of nitrogens with zero attached hydrogens (tertiary/aromatic N) is 1. The SMILES string of the molecule is O=C(O)CCCCc1ccc(N2C=C(O)NS2(=O)=O)c(O)c1. The number of aliphatic hydroxyl groups excluding tert-OH is 1. The Kier molecular flexibility index (Phi) is 4.45. The average molecular weight is 328 g/mol. The van der Waals surface area contributed by atoms with Crippen LogP contribution in [0.3, 0.4) is 0 Å². The summed E-state index contributed by atoms with van der Waals surface area (Å²) in [7, 11) is -3.94. The maximum Gasteiger partial charge on any atom is 0.330 e. The standard InChI is InChI=1S/C13H16N2O6S/c16-11-7-9(3-1-2-4-13(18)19)5-6-10(11)15-8-12(17)14-22(15,20)21/h5-8,14,16-17H,1-4H2,(H,18,19). The Morgan fingerprint density at radius 1 is 1.23 bits per heavy atom. The molecule has 0 aliphatic carbocycles. The topological polar surface area (TPSA) is 127 Å². The van der Waals surface area contributed by atoms with Crippen LogP contribution in [0.5, 0.6) is 5.75 Å². The van der Waals surface area contributed by atoms with Gasteiger partial charge in [-0.15, -0.1) is 0 Å². The highest BCUT2D eigenvalue weighted by atomic mass is 32.2. The summed E-state index contributed by atoms with van der Waals surface area (Å²) < 4.78 is 26.1. The van der Waals surface area contributed by atoms with Crippen LogP contribution in [-0.2, 0) is 21.4 Å². The Morgan fingerprint density at radius 2 is 1.95 bits per heavy atom. The van der Waals surface area contributed by atoms with Crippen molar-refractivity contribution in [1.82, 2.24) is 4.72 Å². The first kappa shape index (κ1) is 16.0. The second-order valence-corrected chi connectivity index (χ2v) is 6.39. The fraction of sp³-hybridized carbons (Fsp3) is 0.308. The molecule has 0 radical (unpaired) electrons. The van der Waals surface area contributed by atoms with E-state index in [0.717, 1.165) is 16.1 Å². The third-order valence-corrected chi connectivity index (χ3v) is 4.40. The number of benzene rings is 1. The molecule has 9 heteroatoms. The lowest BCUT2D eigenvalue weighted by Crippen LogP contribution is -2.29. The van der Waals surface area contributed by atoms with Gasteiger partial charge in [0.1, 0.15) is 11.4 Å². The summed E-state index contributed by atoms with van der Waals surface area (Å²) in [5.41, 5.74) is 0.787. The van der Waals surface area contributed by atoms with E-state index in [4.69, 9.17) is 5.11 Å². The first-order valence-electron chi connectivity index (χ1n) is 6.56. The number of carboxylic acid groups (broad SMARTS) is 1. The molecule has 0 spiro atoms. The van der Waals surface area contributed by atoms with Crippen LogP contribution < -0.4 is 9.03 Å². The number of phenolic OH excluding ortho intramolecular Hbond substituents is 1. The lowest BCUT2D eigenvalue weighted by molar-refractivity contribution is -0.137. The molecule has 0 amide bonds. The summed E-state index contributed by atoms with van der Waals surface area (Å²) in [5.74, 6) is -1.62. The number of nitrogens with one attached hydrogen (secondary N) is 1. The van der Waals surface area contributed by atoms with E-state index in [1.807, 2.05) is 4.72 Å². The Balaban J connectivity index is 2.09. The highest BCUT2D eigenvalue weighted by molar-refractivity contribution is 7.91. The van der Waals surface area contributed by atoms with E-state index < -0.39 is 22.1 Å². The number of aliphatic hydroxyl groups is 1. The third kappa shape index (κ3) is 3.61. The number of anilines is 1. The quantitative estimate of drug-likeness (QED) is 0.581. The highest BCUT2D eigenvalue weighted by Gasteiger charge is 2.30. The van der Waals surface area contributed by atoms with Crippen LogP contribution in [0.1, 0.15) is 24.8 Å². The molecule has 22 heavy (non-hydrogen) atoms. The second kappa shape index (κ2) is 6.14. The van der Waals surface area contributed by atoms with E-state index in [9.17, 15) is 23.4 Å². The maximum atomic E-state index is 11.7. The van der Waals surface area contributed by atoms with Gasteiger partial charge in [-0.3, -0.25) is 4.79 Å². The first-order chi connectivity index (χ1) is 10.3. The number of aliphatic carboxylic acids is 1. The van der Waals surface area contributed by atoms with E-state index in [1.54, 1.807) is 6.07 Å². The van der Waals surface area contributed by atoms with Crippen molar-refractivity contribution in [3.05, 3.63) is 35.8 Å². The molecule has 1 aliphatic rings. The molecular weight excluding hydrogens is 312 g/mol. The Bertz CT molecular complexity index is 713. The summed E-state index contributed by atoms with van der Waals surface area (Å²) >= 11 is 0. The molecule has 0 saturated carbocycles. The van der Waals surface area contributed by atoms with Gasteiger partial charge in [-0.2, -0.15) is 8.42 Å². The highest BCUT2D eigenvalue weighted by Crippen LogP contribution is 2.32. The van der Waals surface area contributed by atoms with Crippen molar-refractivity contribution in [2.24, 2.45) is 0 Å². The minimum Gasteiger partial charge on any atom is -0.506 e. The van der Waals surface area contributed by atoms with Crippen LogP contribution in [0.25, 0.3) is 0 Å². The zero-order valence-corrected chi connectivity index (χ0v) is 12.4. The van der Waals surface area contributed by atoms with Crippen LogP contribution in [0.4, 0.5) is 5.69 Å². The van der Waals surface area contributed by atoms with Crippen molar-refractivity contribution in [3.8, 4) is 5.75 Å². The summed E-state index contributed by atoms with van der Waals surface area (Å²) in [6.07, 6.45) is 2.80. The number of carboxylic acids is 1. The Hall–Kier alpha value is -2.42. The first-order valence-corrected chi connectivity index (χ1v) is 8.00. The van der Waals surface area contributed by atoms with Gasteiger partial charge in [-0.1, -0.05) is 6.07 Å². The molecule has 0 aromatic heterocycles. The van der Waals surface area contributed by atoms with Gasteiger partial charge in [-0.05, 0) is 37.0 Å². The zero-order chi connectivity index (χ0) is 16.3. The molecule has 0 unspecified atom stereocenters. The van der Waals surface area contributed by atoms with E-state index >= 15 is 0 Å². The van der Waals surface area contributed by atoms with Gasteiger partial charge in [0, 0.05) is 6.42 Å². The van der Waals surface area contributed by atoms with Crippen molar-refractivity contribution >= 4 is 21.9 Å². The minimum atomic E-state index is -3.94. The van der Waals surface area contributed by atoms with Gasteiger partial charge in [0.05, 0.1) is 6.20 Å². The van der Waals surface area contributed by atoms with Crippen molar-refractivity contribution in [2.75, 3.05) is 4.31 Å². The Labute approximate surface area is 127 Å². The molecule has 0 atom stereocenters. The summed E-state index contributed by atoms with van der Waals surface area (Å²) in [6.45, 7) is 0. The van der Waals surface area contributed by atoms with E-state index in [0.29, 0.717) is 19.3 Å². The predicted molar refractivity (Wildman–Crippen MR) is 78.5 cm³/mol. The van der Waals surface area contributed by atoms with E-state index in [1.165, 1.54) is 12.1 Å². The van der Waals surface area contributed by atoms with Gasteiger partial charge in [0.2, 0.25) is 5.88 Å². The average Bonchev–Trinajstić information content (AvgIpc) is 2.67. The molecule has 0 saturated heterocycles. The number of hydrogen-bond donors (Lipinski definition) is 4. The fourth-order valence-electron chi connectivity index (χ4n) is 2.10. The van der Waals surface area contributed by atoms with Gasteiger partial charge in [-0.25, -0.2) is 9.03 Å². The fourth-order valence-corrected chi connectivity index (χ4v) is 3.17. The number of unbranched alkanes of at least 4 members (excludes halogenated alkanes) is 1. The number of hydrogen-bond acceptors (Lipinski definition) is 5. The molecule has 4 N–H and O–H groups in total. The molecular formula is C13H16N2O6S. The molecule has 0 bridgehead atoms. The van der Waals surface area contributed by atoms with E-state index in [2.05, 4.69) is 0 Å². The van der Waals surface area contributed by atoms with Crippen LogP contribution in [0.2, 0.25) is 0 Å². The number of carbonyl (C=O) groups is 1. The maximum absolute atomic E-state index is 11.7. The van der Waals surface area contributed by atoms with Gasteiger partial charge in [0.25, 0.3) is 0 Å². The van der Waals surface area contributed by atoms with Gasteiger partial charge < -0.3 is 15.3 Å². The zero-order valence-electron chi connectivity index (χ0n) is 11.6. The molecule has 1 heterocycles. The molecule has 120 valence electrons. The van der Waals surface area contributed by atoms with Crippen molar-refractivity contribution < 1.29 is 28.5 Å². The lowest BCUT2D eigenvalue weighted by atomic mass is 10.1. The van der Waals surface area contributed by atoms with Gasteiger partial charge in [0.15, 0.2) is 0 Å². The summed E-state index contributed by atoms with van der Waals surface area (Å²) in [5, 5.41) is 27.8. The molecule has 0 fully saturated rings. The van der Waals surface area contributed by atoms with Crippen LogP contribution in [0, 0.1) is 0 Å². The Morgan fingerprint density at radius 3 is 2.50 bits per heavy atom. The van der Waals surface area contributed by atoms with E-state index in [-0.39, 0.29) is 17.9 Å². The monoisotopic (exact) mass is 328 g/mol. The van der Waals surface area contributed by atoms with Crippen LogP contribution >= 0.6 is 0 Å². The number of aromatic hydroxyl groups is 1. The van der Waals surface area contributed by atoms with Crippen LogP contribution in [-0.4, -0.2) is 29.7 Å². The smallest absolute Gasteiger partial charge is 0.330 e. The molecule has 2 rings (SSSR count). The summed E-state index contributed by atoms with van der Waals surface area (Å²) in [4.78, 5) is 10.4. The predicted octanol–water partition coefficient (Wildman–Crippen LogP) is 1.20. The molecule has 8 nitrogen and oxygen atoms in total. The number of phenols is 1. The van der Waals surface area contributed by atoms with Crippen molar-refractivity contribution in [2.45, 2.75) is 25.7 Å². The molecule has 1 aromatic rings. The normalized spacial score (nSPS) is 16.2. The lowest BCUT2D eigenvalue weighted by Gasteiger charge is -2.16. The summed E-state index contributed by atoms with van der Waals surface area (Å²) in [6, 6.07) is 4.50. The molecule has 1 aliphatic heterocycles. The van der Waals surface area contributed by atoms with Crippen LogP contribution in [0.15, 0.2) is 30.3 Å². The third-order valence-electron chi connectivity index (χ3n) is 3.12. The largest absolute Gasteiger partial charge is 0.506 e. The minimum absolute atomic E-state index is 0.0193. The number of rotatable bonds is 6. The van der Waals surface area contributed by atoms with Crippen molar-refractivity contribution in [1.29, 1.82) is 0 Å². The molecule has 1 aromatic carbocycles.